The van der Waals surface area contributed by atoms with Crippen molar-refractivity contribution in [2.75, 3.05) is 32.0 Å². The Hall–Kier alpha value is -0.170. The number of sulfonamides is 1. The summed E-state index contributed by atoms with van der Waals surface area (Å²) in [5.41, 5.74) is 0. The molecule has 0 radical (unpaired) electrons. The van der Waals surface area contributed by atoms with E-state index >= 15 is 0 Å². The number of rotatable bonds is 7. The van der Waals surface area contributed by atoms with Crippen LogP contribution in [-0.2, 0) is 14.8 Å². The molecule has 0 aromatic carbocycles. The predicted molar refractivity (Wildman–Crippen MR) is 77.8 cm³/mol. The maximum Gasteiger partial charge on any atom is 0.214 e. The minimum Gasteiger partial charge on any atom is -0.377 e. The van der Waals surface area contributed by atoms with Gasteiger partial charge in [-0.3, -0.25) is 0 Å². The van der Waals surface area contributed by atoms with Gasteiger partial charge in [0.2, 0.25) is 10.0 Å². The van der Waals surface area contributed by atoms with Gasteiger partial charge in [0.05, 0.1) is 11.9 Å². The minimum absolute atomic E-state index is 0.000109. The van der Waals surface area contributed by atoms with Crippen molar-refractivity contribution >= 4 is 10.0 Å². The Kier molecular flexibility index (Phi) is 7.28. The highest BCUT2D eigenvalue weighted by Gasteiger charge is 2.25. The first kappa shape index (κ1) is 16.9. The van der Waals surface area contributed by atoms with Crippen LogP contribution in [0.3, 0.4) is 0 Å². The van der Waals surface area contributed by atoms with E-state index in [1.807, 2.05) is 6.92 Å². The van der Waals surface area contributed by atoms with Crippen LogP contribution in [0.1, 0.15) is 40.0 Å². The molecule has 1 aliphatic heterocycles. The molecule has 0 spiro atoms. The van der Waals surface area contributed by atoms with Crippen LogP contribution < -0.4 is 5.32 Å². The molecule has 1 aliphatic rings. The summed E-state index contributed by atoms with van der Waals surface area (Å²) < 4.78 is 31.5. The molecule has 0 saturated carbocycles. The van der Waals surface area contributed by atoms with Crippen molar-refractivity contribution in [3.63, 3.8) is 0 Å². The number of unbranched alkanes of at least 4 members (excludes halogenated alkanes) is 1. The SMILES string of the molecule is CC(C)NCCCCS(=O)(=O)N1CCCOC(C)C1. The molecule has 1 atom stereocenters. The van der Waals surface area contributed by atoms with Crippen LogP contribution in [-0.4, -0.2) is 56.9 Å². The van der Waals surface area contributed by atoms with Crippen molar-refractivity contribution in [2.45, 2.75) is 52.2 Å². The molecule has 6 heteroatoms. The monoisotopic (exact) mass is 292 g/mol. The van der Waals surface area contributed by atoms with Crippen LogP contribution in [0.4, 0.5) is 0 Å². The van der Waals surface area contributed by atoms with Gasteiger partial charge >= 0.3 is 0 Å². The van der Waals surface area contributed by atoms with Gasteiger partial charge in [-0.05, 0) is 32.7 Å². The average Bonchev–Trinajstić information content (AvgIpc) is 2.53. The summed E-state index contributed by atoms with van der Waals surface area (Å²) in [7, 11) is -3.11. The summed E-state index contributed by atoms with van der Waals surface area (Å²) in [6, 6.07) is 0.459. The van der Waals surface area contributed by atoms with Crippen LogP contribution in [0.15, 0.2) is 0 Å². The van der Waals surface area contributed by atoms with Crippen molar-refractivity contribution in [1.82, 2.24) is 9.62 Å². The van der Waals surface area contributed by atoms with Gasteiger partial charge in [0.25, 0.3) is 0 Å². The molecule has 0 aliphatic carbocycles. The van der Waals surface area contributed by atoms with Crippen LogP contribution in [0.2, 0.25) is 0 Å². The van der Waals surface area contributed by atoms with E-state index < -0.39 is 10.0 Å². The lowest BCUT2D eigenvalue weighted by atomic mass is 10.3. The van der Waals surface area contributed by atoms with E-state index in [4.69, 9.17) is 4.74 Å². The summed E-state index contributed by atoms with van der Waals surface area (Å²) in [4.78, 5) is 0. The summed E-state index contributed by atoms with van der Waals surface area (Å²) in [6.07, 6.45) is 2.41. The zero-order valence-corrected chi connectivity index (χ0v) is 13.2. The third-order valence-electron chi connectivity index (χ3n) is 3.19. The smallest absolute Gasteiger partial charge is 0.214 e. The first-order valence-electron chi connectivity index (χ1n) is 7.24. The van der Waals surface area contributed by atoms with Gasteiger partial charge < -0.3 is 10.1 Å². The highest BCUT2D eigenvalue weighted by atomic mass is 32.2. The molecule has 0 bridgehead atoms. The molecule has 1 heterocycles. The van der Waals surface area contributed by atoms with Gasteiger partial charge in [-0.1, -0.05) is 13.8 Å². The molecule has 1 rings (SSSR count). The molecule has 0 amide bonds. The fraction of sp³-hybridized carbons (Fsp3) is 1.00. The third-order valence-corrected chi connectivity index (χ3v) is 5.11. The minimum atomic E-state index is -3.11. The van der Waals surface area contributed by atoms with Gasteiger partial charge in [-0.25, -0.2) is 8.42 Å². The standard InChI is InChI=1S/C13H28N2O3S/c1-12(2)14-7-4-5-10-19(16,17)15-8-6-9-18-13(3)11-15/h12-14H,4-11H2,1-3H3. The second-order valence-corrected chi connectivity index (χ2v) is 7.61. The molecule has 114 valence electrons. The molecule has 5 nitrogen and oxygen atoms in total. The van der Waals surface area contributed by atoms with Crippen molar-refractivity contribution < 1.29 is 13.2 Å². The lowest BCUT2D eigenvalue weighted by Crippen LogP contribution is -2.37. The average molecular weight is 292 g/mol. The highest BCUT2D eigenvalue weighted by Crippen LogP contribution is 2.12. The Morgan fingerprint density at radius 1 is 1.37 bits per heavy atom. The first-order chi connectivity index (χ1) is 8.92. The molecule has 1 fully saturated rings. The van der Waals surface area contributed by atoms with Gasteiger partial charge in [0, 0.05) is 25.7 Å². The number of nitrogens with zero attached hydrogens (tertiary/aromatic N) is 1. The zero-order chi connectivity index (χ0) is 14.3. The van der Waals surface area contributed by atoms with E-state index in [2.05, 4.69) is 19.2 Å². The zero-order valence-electron chi connectivity index (χ0n) is 12.4. The van der Waals surface area contributed by atoms with Crippen LogP contribution in [0, 0.1) is 0 Å². The van der Waals surface area contributed by atoms with Crippen molar-refractivity contribution in [1.29, 1.82) is 0 Å². The van der Waals surface area contributed by atoms with Gasteiger partial charge in [0.15, 0.2) is 0 Å². The lowest BCUT2D eigenvalue weighted by Gasteiger charge is -2.21. The van der Waals surface area contributed by atoms with E-state index in [0.717, 1.165) is 19.4 Å². The van der Waals surface area contributed by atoms with E-state index in [0.29, 0.717) is 32.2 Å². The number of hydrogen-bond acceptors (Lipinski definition) is 4. The van der Waals surface area contributed by atoms with Crippen molar-refractivity contribution in [2.24, 2.45) is 0 Å². The molecule has 0 aromatic rings. The second kappa shape index (κ2) is 8.19. The molecule has 1 unspecified atom stereocenters. The maximum absolute atomic E-state index is 12.2. The molecule has 1 saturated heterocycles. The fourth-order valence-corrected chi connectivity index (χ4v) is 3.81. The van der Waals surface area contributed by atoms with Crippen molar-refractivity contribution in [3.8, 4) is 0 Å². The van der Waals surface area contributed by atoms with Crippen LogP contribution >= 0.6 is 0 Å². The highest BCUT2D eigenvalue weighted by molar-refractivity contribution is 7.89. The summed E-state index contributed by atoms with van der Waals surface area (Å²) in [5, 5.41) is 3.30. The molecule has 0 aromatic heterocycles. The van der Waals surface area contributed by atoms with Crippen LogP contribution in [0.5, 0.6) is 0 Å². The Bertz CT molecular complexity index is 344. The summed E-state index contributed by atoms with van der Waals surface area (Å²) >= 11 is 0. The van der Waals surface area contributed by atoms with Gasteiger partial charge in [0.1, 0.15) is 0 Å². The normalized spacial score (nSPS) is 22.6. The number of ether oxygens (including phenoxy) is 1. The Morgan fingerprint density at radius 3 is 2.79 bits per heavy atom. The summed E-state index contributed by atoms with van der Waals surface area (Å²) in [5.74, 6) is 0.249. The Balaban J connectivity index is 2.33. The fourth-order valence-electron chi connectivity index (χ4n) is 2.14. The molecular weight excluding hydrogens is 264 g/mol. The quantitative estimate of drug-likeness (QED) is 0.717. The van der Waals surface area contributed by atoms with E-state index in [1.165, 1.54) is 0 Å². The number of nitrogens with one attached hydrogen (secondary N) is 1. The first-order valence-corrected chi connectivity index (χ1v) is 8.85. The van der Waals surface area contributed by atoms with Crippen molar-refractivity contribution in [3.05, 3.63) is 0 Å². The predicted octanol–water partition coefficient (Wildman–Crippen LogP) is 1.21. The maximum atomic E-state index is 12.2. The van der Waals surface area contributed by atoms with Gasteiger partial charge in [-0.15, -0.1) is 0 Å². The molecule has 1 N–H and O–H groups in total. The van der Waals surface area contributed by atoms with Gasteiger partial charge in [-0.2, -0.15) is 4.31 Å². The second-order valence-electron chi connectivity index (χ2n) is 5.52. The van der Waals surface area contributed by atoms with Crippen LogP contribution in [0.25, 0.3) is 0 Å². The molecular formula is C13H28N2O3S. The Labute approximate surface area is 117 Å². The molecule has 19 heavy (non-hydrogen) atoms. The topological polar surface area (TPSA) is 58.6 Å². The van der Waals surface area contributed by atoms with E-state index in [9.17, 15) is 8.42 Å². The lowest BCUT2D eigenvalue weighted by molar-refractivity contribution is 0.0752. The van der Waals surface area contributed by atoms with E-state index in [-0.39, 0.29) is 11.9 Å². The Morgan fingerprint density at radius 2 is 2.11 bits per heavy atom. The summed E-state index contributed by atoms with van der Waals surface area (Å²) in [6.45, 7) is 8.74. The van der Waals surface area contributed by atoms with E-state index in [1.54, 1.807) is 4.31 Å². The third kappa shape index (κ3) is 6.70. The number of hydrogen-bond donors (Lipinski definition) is 1. The largest absolute Gasteiger partial charge is 0.377 e.